The van der Waals surface area contributed by atoms with Crippen LogP contribution in [0.15, 0.2) is 22.8 Å². The van der Waals surface area contributed by atoms with Crippen LogP contribution in [0, 0.1) is 0 Å². The predicted octanol–water partition coefficient (Wildman–Crippen LogP) is 2.35. The molecule has 4 heteroatoms. The Morgan fingerprint density at radius 1 is 1.54 bits per heavy atom. The van der Waals surface area contributed by atoms with E-state index in [4.69, 9.17) is 5.73 Å². The second-order valence-corrected chi connectivity index (χ2v) is 3.90. The van der Waals surface area contributed by atoms with Gasteiger partial charge in [-0.05, 0) is 40.5 Å². The molecule has 0 saturated carbocycles. The molecule has 0 aliphatic rings. The van der Waals surface area contributed by atoms with E-state index in [9.17, 15) is 0 Å². The lowest BCUT2D eigenvalue weighted by atomic mass is 10.1. The molecule has 0 radical (unpaired) electrons. The standard InChI is InChI=1S/C9H10BrN3/c1-5(11)6-2-3-7-8(4-6)12-13-9(7)10/h2-5H,11H2,1H3,(H,12,13). The lowest BCUT2D eigenvalue weighted by Crippen LogP contribution is -2.04. The molecule has 0 aliphatic heterocycles. The van der Waals surface area contributed by atoms with Crippen LogP contribution in [0.25, 0.3) is 10.9 Å². The molecular weight excluding hydrogens is 230 g/mol. The fraction of sp³-hybridized carbons (Fsp3) is 0.222. The number of benzene rings is 1. The zero-order valence-corrected chi connectivity index (χ0v) is 8.80. The van der Waals surface area contributed by atoms with Gasteiger partial charge in [0.05, 0.1) is 5.52 Å². The third kappa shape index (κ3) is 1.47. The van der Waals surface area contributed by atoms with E-state index in [-0.39, 0.29) is 6.04 Å². The first-order chi connectivity index (χ1) is 6.18. The number of fused-ring (bicyclic) bond motifs is 1. The minimum Gasteiger partial charge on any atom is -0.324 e. The van der Waals surface area contributed by atoms with Crippen LogP contribution in [-0.2, 0) is 0 Å². The van der Waals surface area contributed by atoms with Crippen LogP contribution >= 0.6 is 15.9 Å². The highest BCUT2D eigenvalue weighted by Crippen LogP contribution is 2.23. The van der Waals surface area contributed by atoms with Crippen molar-refractivity contribution < 1.29 is 0 Å². The summed E-state index contributed by atoms with van der Waals surface area (Å²) in [6.07, 6.45) is 0. The number of H-pyrrole nitrogens is 1. The van der Waals surface area contributed by atoms with Crippen molar-refractivity contribution >= 4 is 26.8 Å². The van der Waals surface area contributed by atoms with Crippen LogP contribution < -0.4 is 5.73 Å². The fourth-order valence-electron chi connectivity index (χ4n) is 1.28. The summed E-state index contributed by atoms with van der Waals surface area (Å²) in [6, 6.07) is 6.09. The fourth-order valence-corrected chi connectivity index (χ4v) is 1.70. The smallest absolute Gasteiger partial charge is 0.108 e. The van der Waals surface area contributed by atoms with Gasteiger partial charge in [0.1, 0.15) is 4.60 Å². The Balaban J connectivity index is 2.63. The Hall–Kier alpha value is -0.870. The monoisotopic (exact) mass is 239 g/mol. The molecule has 3 N–H and O–H groups in total. The van der Waals surface area contributed by atoms with Crippen LogP contribution in [0.3, 0.4) is 0 Å². The molecule has 0 amide bonds. The minimum atomic E-state index is 0.0554. The molecule has 1 atom stereocenters. The number of nitrogens with two attached hydrogens (primary N) is 1. The number of aromatic amines is 1. The Morgan fingerprint density at radius 2 is 2.31 bits per heavy atom. The Labute approximate surface area is 84.4 Å². The molecule has 0 bridgehead atoms. The molecule has 0 saturated heterocycles. The highest BCUT2D eigenvalue weighted by molar-refractivity contribution is 9.10. The van der Waals surface area contributed by atoms with E-state index < -0.39 is 0 Å². The Kier molecular flexibility index (Phi) is 2.09. The van der Waals surface area contributed by atoms with E-state index in [1.807, 2.05) is 25.1 Å². The first-order valence-electron chi connectivity index (χ1n) is 4.07. The molecule has 0 spiro atoms. The van der Waals surface area contributed by atoms with Gasteiger partial charge >= 0.3 is 0 Å². The molecule has 1 unspecified atom stereocenters. The normalized spacial score (nSPS) is 13.5. The summed E-state index contributed by atoms with van der Waals surface area (Å²) in [4.78, 5) is 0. The van der Waals surface area contributed by atoms with E-state index >= 15 is 0 Å². The summed E-state index contributed by atoms with van der Waals surface area (Å²) in [6.45, 7) is 1.96. The molecule has 1 heterocycles. The van der Waals surface area contributed by atoms with Crippen molar-refractivity contribution in [2.75, 3.05) is 0 Å². The van der Waals surface area contributed by atoms with Gasteiger partial charge in [0.2, 0.25) is 0 Å². The minimum absolute atomic E-state index is 0.0554. The zero-order chi connectivity index (χ0) is 9.42. The second-order valence-electron chi connectivity index (χ2n) is 3.10. The highest BCUT2D eigenvalue weighted by Gasteiger charge is 2.05. The van der Waals surface area contributed by atoms with Gasteiger partial charge in [-0.3, -0.25) is 5.10 Å². The van der Waals surface area contributed by atoms with Crippen molar-refractivity contribution in [2.45, 2.75) is 13.0 Å². The maximum absolute atomic E-state index is 5.76. The van der Waals surface area contributed by atoms with Crippen molar-refractivity contribution in [3.63, 3.8) is 0 Å². The number of halogens is 1. The van der Waals surface area contributed by atoms with Gasteiger partial charge in [-0.15, -0.1) is 0 Å². The maximum Gasteiger partial charge on any atom is 0.108 e. The Morgan fingerprint density at radius 3 is 3.00 bits per heavy atom. The molecule has 2 aromatic rings. The number of hydrogen-bond donors (Lipinski definition) is 2. The van der Waals surface area contributed by atoms with Gasteiger partial charge in [-0.2, -0.15) is 5.10 Å². The summed E-state index contributed by atoms with van der Waals surface area (Å²) in [5.74, 6) is 0. The van der Waals surface area contributed by atoms with E-state index in [1.54, 1.807) is 0 Å². The number of nitrogens with zero attached hydrogens (tertiary/aromatic N) is 1. The predicted molar refractivity (Wildman–Crippen MR) is 56.4 cm³/mol. The van der Waals surface area contributed by atoms with Gasteiger partial charge < -0.3 is 5.73 Å². The molecule has 1 aromatic carbocycles. The number of hydrogen-bond acceptors (Lipinski definition) is 2. The first kappa shape index (κ1) is 8.72. The third-order valence-electron chi connectivity index (χ3n) is 2.06. The van der Waals surface area contributed by atoms with Gasteiger partial charge in [-0.1, -0.05) is 6.07 Å². The third-order valence-corrected chi connectivity index (χ3v) is 2.66. The van der Waals surface area contributed by atoms with Gasteiger partial charge in [-0.25, -0.2) is 0 Å². The van der Waals surface area contributed by atoms with Crippen molar-refractivity contribution in [1.29, 1.82) is 0 Å². The largest absolute Gasteiger partial charge is 0.324 e. The SMILES string of the molecule is CC(N)c1ccc2c(Br)[nH]nc2c1. The van der Waals surface area contributed by atoms with Crippen LogP contribution in [-0.4, -0.2) is 10.2 Å². The lowest BCUT2D eigenvalue weighted by Gasteiger charge is -2.03. The molecular formula is C9H10BrN3. The van der Waals surface area contributed by atoms with Crippen LogP contribution in [0.1, 0.15) is 18.5 Å². The summed E-state index contributed by atoms with van der Waals surface area (Å²) in [5.41, 5.74) is 7.81. The maximum atomic E-state index is 5.76. The topological polar surface area (TPSA) is 54.7 Å². The summed E-state index contributed by atoms with van der Waals surface area (Å²) in [7, 11) is 0. The van der Waals surface area contributed by atoms with E-state index in [2.05, 4.69) is 26.1 Å². The summed E-state index contributed by atoms with van der Waals surface area (Å²) in [5, 5.41) is 8.09. The molecule has 0 fully saturated rings. The number of nitrogens with one attached hydrogen (secondary N) is 1. The van der Waals surface area contributed by atoms with E-state index in [0.29, 0.717) is 0 Å². The van der Waals surface area contributed by atoms with E-state index in [1.165, 1.54) is 0 Å². The average molecular weight is 240 g/mol. The molecule has 13 heavy (non-hydrogen) atoms. The molecule has 1 aromatic heterocycles. The van der Waals surface area contributed by atoms with Crippen molar-refractivity contribution in [3.05, 3.63) is 28.4 Å². The number of aromatic nitrogens is 2. The second kappa shape index (κ2) is 3.12. The van der Waals surface area contributed by atoms with Crippen molar-refractivity contribution in [2.24, 2.45) is 5.73 Å². The Bertz CT molecular complexity index is 433. The highest BCUT2D eigenvalue weighted by atomic mass is 79.9. The van der Waals surface area contributed by atoms with E-state index in [0.717, 1.165) is 21.1 Å². The quantitative estimate of drug-likeness (QED) is 0.803. The zero-order valence-electron chi connectivity index (χ0n) is 7.21. The molecule has 3 nitrogen and oxygen atoms in total. The number of rotatable bonds is 1. The van der Waals surface area contributed by atoms with Gasteiger partial charge in [0.15, 0.2) is 0 Å². The van der Waals surface area contributed by atoms with Crippen LogP contribution in [0.4, 0.5) is 0 Å². The van der Waals surface area contributed by atoms with Gasteiger partial charge in [0, 0.05) is 11.4 Å². The summed E-state index contributed by atoms with van der Waals surface area (Å²) < 4.78 is 0.915. The van der Waals surface area contributed by atoms with Crippen molar-refractivity contribution in [1.82, 2.24) is 10.2 Å². The molecule has 68 valence electrons. The molecule has 0 aliphatic carbocycles. The average Bonchev–Trinajstić information content (AvgIpc) is 2.47. The van der Waals surface area contributed by atoms with Crippen molar-refractivity contribution in [3.8, 4) is 0 Å². The summed E-state index contributed by atoms with van der Waals surface area (Å²) >= 11 is 3.38. The van der Waals surface area contributed by atoms with Gasteiger partial charge in [0.25, 0.3) is 0 Å². The lowest BCUT2D eigenvalue weighted by molar-refractivity contribution is 0.819. The van der Waals surface area contributed by atoms with Crippen LogP contribution in [0.5, 0.6) is 0 Å². The first-order valence-corrected chi connectivity index (χ1v) is 4.87. The molecule has 2 rings (SSSR count). The van der Waals surface area contributed by atoms with Crippen LogP contribution in [0.2, 0.25) is 0 Å².